The van der Waals surface area contributed by atoms with Gasteiger partial charge < -0.3 is 4.40 Å². The Bertz CT molecular complexity index is 776. The summed E-state index contributed by atoms with van der Waals surface area (Å²) in [4.78, 5) is 4.67. The molecule has 20 heavy (non-hydrogen) atoms. The summed E-state index contributed by atoms with van der Waals surface area (Å²) >= 11 is 0. The molecule has 3 rings (SSSR count). The van der Waals surface area contributed by atoms with E-state index in [1.165, 1.54) is 5.56 Å². The van der Waals surface area contributed by atoms with E-state index >= 15 is 0 Å². The Labute approximate surface area is 118 Å². The van der Waals surface area contributed by atoms with Crippen molar-refractivity contribution in [2.24, 2.45) is 0 Å². The smallest absolute Gasteiger partial charge is 0.137 e. The van der Waals surface area contributed by atoms with E-state index in [0.29, 0.717) is 6.42 Å². The number of fused-ring (bicyclic) bond motifs is 1. The molecule has 0 spiro atoms. The second-order valence-electron chi connectivity index (χ2n) is 4.72. The van der Waals surface area contributed by atoms with Crippen LogP contribution < -0.4 is 0 Å². The van der Waals surface area contributed by atoms with Crippen molar-refractivity contribution in [3.8, 4) is 17.3 Å². The Morgan fingerprint density at radius 3 is 2.65 bits per heavy atom. The molecule has 0 saturated carbocycles. The molecule has 2 heterocycles. The van der Waals surface area contributed by atoms with Crippen molar-refractivity contribution in [3.63, 3.8) is 0 Å². The van der Waals surface area contributed by atoms with Crippen molar-refractivity contribution < 1.29 is 0 Å². The van der Waals surface area contributed by atoms with Crippen LogP contribution in [-0.4, -0.2) is 9.38 Å². The minimum Gasteiger partial charge on any atom is -0.302 e. The van der Waals surface area contributed by atoms with Gasteiger partial charge in [-0.05, 0) is 24.1 Å². The minimum atomic E-state index is 0.357. The first-order valence-electron chi connectivity index (χ1n) is 6.75. The van der Waals surface area contributed by atoms with Gasteiger partial charge in [0, 0.05) is 11.8 Å². The average molecular weight is 261 g/mol. The van der Waals surface area contributed by atoms with Crippen molar-refractivity contribution in [3.05, 3.63) is 59.9 Å². The van der Waals surface area contributed by atoms with Crippen LogP contribution in [0.25, 0.3) is 16.9 Å². The van der Waals surface area contributed by atoms with E-state index in [1.807, 2.05) is 28.8 Å². The lowest BCUT2D eigenvalue weighted by molar-refractivity contribution is 1.06. The molecule has 0 aliphatic carbocycles. The van der Waals surface area contributed by atoms with Gasteiger partial charge in [0.2, 0.25) is 0 Å². The summed E-state index contributed by atoms with van der Waals surface area (Å²) in [6.07, 6.45) is 3.34. The van der Waals surface area contributed by atoms with E-state index in [0.717, 1.165) is 29.0 Å². The third kappa shape index (κ3) is 2.06. The van der Waals surface area contributed by atoms with E-state index < -0.39 is 0 Å². The fourth-order valence-corrected chi connectivity index (χ4v) is 2.42. The van der Waals surface area contributed by atoms with Crippen molar-refractivity contribution in [2.45, 2.75) is 19.8 Å². The zero-order valence-electron chi connectivity index (χ0n) is 11.4. The summed E-state index contributed by atoms with van der Waals surface area (Å²) in [5.41, 5.74) is 5.11. The monoisotopic (exact) mass is 261 g/mol. The van der Waals surface area contributed by atoms with Gasteiger partial charge in [-0.15, -0.1) is 0 Å². The highest BCUT2D eigenvalue weighted by Gasteiger charge is 2.13. The largest absolute Gasteiger partial charge is 0.302 e. The van der Waals surface area contributed by atoms with Crippen LogP contribution in [-0.2, 0) is 12.8 Å². The number of aromatic nitrogens is 2. The normalized spacial score (nSPS) is 10.6. The maximum Gasteiger partial charge on any atom is 0.137 e. The molecule has 2 aromatic heterocycles. The van der Waals surface area contributed by atoms with Crippen molar-refractivity contribution in [1.29, 1.82) is 5.26 Å². The van der Waals surface area contributed by atoms with Gasteiger partial charge in [-0.3, -0.25) is 0 Å². The number of hydrogen-bond acceptors (Lipinski definition) is 2. The summed E-state index contributed by atoms with van der Waals surface area (Å²) in [7, 11) is 0. The lowest BCUT2D eigenvalue weighted by Gasteiger charge is -2.02. The van der Waals surface area contributed by atoms with Gasteiger partial charge in [0.25, 0.3) is 0 Å². The maximum absolute atomic E-state index is 9.06. The number of aryl methyl sites for hydroxylation is 1. The molecular formula is C17H15N3. The van der Waals surface area contributed by atoms with E-state index in [4.69, 9.17) is 5.26 Å². The SMILES string of the molecule is CCc1ccc(-c2nc3ccccn3c2CC#N)cc1. The molecule has 0 amide bonds. The Morgan fingerprint density at radius 2 is 1.95 bits per heavy atom. The number of nitriles is 1. The number of benzene rings is 1. The lowest BCUT2D eigenvalue weighted by Crippen LogP contribution is -1.93. The predicted molar refractivity (Wildman–Crippen MR) is 79.3 cm³/mol. The number of rotatable bonds is 3. The van der Waals surface area contributed by atoms with Crippen LogP contribution in [0.2, 0.25) is 0 Å². The molecule has 0 atom stereocenters. The maximum atomic E-state index is 9.06. The molecule has 0 unspecified atom stereocenters. The Balaban J connectivity index is 2.18. The van der Waals surface area contributed by atoms with E-state index in [1.54, 1.807) is 0 Å². The van der Waals surface area contributed by atoms with E-state index in [9.17, 15) is 0 Å². The second kappa shape index (κ2) is 5.18. The van der Waals surface area contributed by atoms with Crippen LogP contribution in [0.4, 0.5) is 0 Å². The zero-order chi connectivity index (χ0) is 13.9. The Kier molecular flexibility index (Phi) is 3.22. The van der Waals surface area contributed by atoms with E-state index in [2.05, 4.69) is 42.2 Å². The summed E-state index contributed by atoms with van der Waals surface area (Å²) in [5, 5.41) is 9.06. The highest BCUT2D eigenvalue weighted by atomic mass is 15.0. The fraction of sp³-hybridized carbons (Fsp3) is 0.176. The first-order chi connectivity index (χ1) is 9.83. The lowest BCUT2D eigenvalue weighted by atomic mass is 10.1. The Hall–Kier alpha value is -2.60. The molecule has 0 bridgehead atoms. The summed E-state index contributed by atoms with van der Waals surface area (Å²) < 4.78 is 1.99. The number of hydrogen-bond donors (Lipinski definition) is 0. The molecule has 98 valence electrons. The highest BCUT2D eigenvalue weighted by Crippen LogP contribution is 2.25. The van der Waals surface area contributed by atoms with Gasteiger partial charge in [0.15, 0.2) is 0 Å². The van der Waals surface area contributed by atoms with Crippen molar-refractivity contribution in [1.82, 2.24) is 9.38 Å². The molecule has 0 N–H and O–H groups in total. The molecule has 3 aromatic rings. The molecule has 0 aliphatic rings. The van der Waals surface area contributed by atoms with Crippen LogP contribution >= 0.6 is 0 Å². The van der Waals surface area contributed by atoms with Crippen molar-refractivity contribution in [2.75, 3.05) is 0 Å². The molecule has 0 fully saturated rings. The summed E-state index contributed by atoms with van der Waals surface area (Å²) in [5.74, 6) is 0. The van der Waals surface area contributed by atoms with Gasteiger partial charge in [0.05, 0.1) is 23.9 Å². The number of nitrogens with zero attached hydrogens (tertiary/aromatic N) is 3. The fourth-order valence-electron chi connectivity index (χ4n) is 2.42. The number of imidazole rings is 1. The second-order valence-corrected chi connectivity index (χ2v) is 4.72. The third-order valence-corrected chi connectivity index (χ3v) is 3.51. The summed E-state index contributed by atoms with van der Waals surface area (Å²) in [6, 6.07) is 16.5. The first kappa shape index (κ1) is 12.4. The first-order valence-corrected chi connectivity index (χ1v) is 6.75. The van der Waals surface area contributed by atoms with Crippen LogP contribution in [0.1, 0.15) is 18.2 Å². The van der Waals surface area contributed by atoms with Crippen LogP contribution in [0.3, 0.4) is 0 Å². The van der Waals surface area contributed by atoms with Gasteiger partial charge in [0.1, 0.15) is 5.65 Å². The van der Waals surface area contributed by atoms with Gasteiger partial charge >= 0.3 is 0 Å². The Morgan fingerprint density at radius 1 is 1.15 bits per heavy atom. The van der Waals surface area contributed by atoms with E-state index in [-0.39, 0.29) is 0 Å². The van der Waals surface area contributed by atoms with Crippen LogP contribution in [0.5, 0.6) is 0 Å². The number of pyridine rings is 1. The quantitative estimate of drug-likeness (QED) is 0.722. The molecule has 3 nitrogen and oxygen atoms in total. The molecule has 1 aromatic carbocycles. The molecule has 0 saturated heterocycles. The molecule has 0 aliphatic heterocycles. The molecular weight excluding hydrogens is 246 g/mol. The third-order valence-electron chi connectivity index (χ3n) is 3.51. The predicted octanol–water partition coefficient (Wildman–Crippen LogP) is 3.63. The molecule has 3 heteroatoms. The topological polar surface area (TPSA) is 41.1 Å². The minimum absolute atomic E-state index is 0.357. The van der Waals surface area contributed by atoms with Gasteiger partial charge in [-0.1, -0.05) is 37.3 Å². The van der Waals surface area contributed by atoms with Gasteiger partial charge in [-0.25, -0.2) is 4.98 Å². The zero-order valence-corrected chi connectivity index (χ0v) is 11.4. The average Bonchev–Trinajstić information content (AvgIpc) is 2.87. The summed E-state index contributed by atoms with van der Waals surface area (Å²) in [6.45, 7) is 2.14. The van der Waals surface area contributed by atoms with Crippen LogP contribution in [0.15, 0.2) is 48.7 Å². The van der Waals surface area contributed by atoms with Crippen molar-refractivity contribution >= 4 is 5.65 Å². The van der Waals surface area contributed by atoms with Gasteiger partial charge in [-0.2, -0.15) is 5.26 Å². The van der Waals surface area contributed by atoms with Crippen LogP contribution in [0, 0.1) is 11.3 Å². The highest BCUT2D eigenvalue weighted by molar-refractivity contribution is 5.67. The molecule has 0 radical (unpaired) electrons. The standard InChI is InChI=1S/C17H15N3/c1-2-13-6-8-14(9-7-13)17-15(10-11-18)20-12-4-3-5-16(20)19-17/h3-9,12H,2,10H2,1H3.